The molecular weight excluding hydrogens is 663 g/mol. The minimum Gasteiger partial charge on any atom is -0.495 e. The molecule has 1 aromatic heterocycles. The van der Waals surface area contributed by atoms with Gasteiger partial charge in [-0.15, -0.1) is 12.4 Å². The van der Waals surface area contributed by atoms with Crippen molar-refractivity contribution in [1.29, 1.82) is 0 Å². The van der Waals surface area contributed by atoms with E-state index < -0.39 is 35.9 Å². The number of halogens is 4. The maximum absolute atomic E-state index is 14.8. The molecule has 14 heteroatoms. The summed E-state index contributed by atoms with van der Waals surface area (Å²) >= 11 is 0. The predicted molar refractivity (Wildman–Crippen MR) is 179 cm³/mol. The molecule has 0 saturated heterocycles. The lowest BCUT2D eigenvalue weighted by Crippen LogP contribution is -2.61. The van der Waals surface area contributed by atoms with Crippen LogP contribution in [-0.2, 0) is 11.2 Å². The lowest BCUT2D eigenvalue weighted by Gasteiger charge is -2.44. The minimum absolute atomic E-state index is 0. The summed E-state index contributed by atoms with van der Waals surface area (Å²) in [6.45, 7) is -1.65. The number of aliphatic carboxylic acids is 1. The van der Waals surface area contributed by atoms with Crippen molar-refractivity contribution in [3.8, 4) is 35.2 Å². The van der Waals surface area contributed by atoms with E-state index in [1.165, 1.54) is 44.7 Å². The number of nitrogens with zero attached hydrogens (tertiary/aromatic N) is 3. The average Bonchev–Trinajstić information content (AvgIpc) is 3.05. The zero-order valence-corrected chi connectivity index (χ0v) is 26.9. The number of alkyl halides is 3. The Morgan fingerprint density at radius 2 is 1.57 bits per heavy atom. The zero-order chi connectivity index (χ0) is 34.6. The summed E-state index contributed by atoms with van der Waals surface area (Å²) in [6.07, 6.45) is -3.66. The predicted octanol–water partition coefficient (Wildman–Crippen LogP) is 4.78. The molecule has 2 unspecified atom stereocenters. The summed E-state index contributed by atoms with van der Waals surface area (Å²) in [5, 5.41) is 10.9. The molecule has 1 aliphatic heterocycles. The van der Waals surface area contributed by atoms with Gasteiger partial charge in [0.15, 0.2) is 5.78 Å². The Morgan fingerprint density at radius 1 is 0.959 bits per heavy atom. The Labute approximate surface area is 285 Å². The molecule has 1 aliphatic rings. The number of carbonyl (C=O) groups is 2. The number of carboxylic acid groups (broad SMARTS) is 1. The smallest absolute Gasteiger partial charge is 0.405 e. The number of Topliss-reactive ketones (excluding diaryl/α,β-unsaturated/α-hetero) is 1. The SMILES string of the molecule is COc1ccccc1C#CC1N(CC(F)(F)F)c2cccc(Cc3cnc(N)nc3N)c2C(=O)C1(C#Cc1ccccc1OC)C(=O)O.Cl. The molecule has 5 rings (SSSR count). The molecule has 0 spiro atoms. The molecule has 0 fully saturated rings. The van der Waals surface area contributed by atoms with Crippen molar-refractivity contribution in [1.82, 2.24) is 9.97 Å². The van der Waals surface area contributed by atoms with Crippen LogP contribution < -0.4 is 25.8 Å². The first-order valence-corrected chi connectivity index (χ1v) is 14.3. The topological polar surface area (TPSA) is 154 Å². The van der Waals surface area contributed by atoms with E-state index >= 15 is 0 Å². The van der Waals surface area contributed by atoms with E-state index in [0.717, 1.165) is 4.90 Å². The molecule has 0 bridgehead atoms. The van der Waals surface area contributed by atoms with Crippen molar-refractivity contribution in [2.24, 2.45) is 5.41 Å². The molecule has 252 valence electrons. The largest absolute Gasteiger partial charge is 0.495 e. The van der Waals surface area contributed by atoms with Gasteiger partial charge in [-0.25, -0.2) is 9.78 Å². The van der Waals surface area contributed by atoms with Crippen LogP contribution in [0.15, 0.2) is 72.9 Å². The first kappa shape index (κ1) is 35.9. The second-order valence-electron chi connectivity index (χ2n) is 10.6. The highest BCUT2D eigenvalue weighted by molar-refractivity contribution is 6.21. The monoisotopic (exact) mass is 691 g/mol. The van der Waals surface area contributed by atoms with E-state index in [4.69, 9.17) is 20.9 Å². The van der Waals surface area contributed by atoms with Crippen LogP contribution in [0.1, 0.15) is 32.6 Å². The third-order valence-corrected chi connectivity index (χ3v) is 7.68. The Morgan fingerprint density at radius 3 is 2.14 bits per heavy atom. The van der Waals surface area contributed by atoms with Crippen LogP contribution in [0.4, 0.5) is 30.6 Å². The van der Waals surface area contributed by atoms with Gasteiger partial charge in [-0.2, -0.15) is 18.2 Å². The lowest BCUT2D eigenvalue weighted by atomic mass is 9.69. The Hall–Kier alpha value is -5.92. The van der Waals surface area contributed by atoms with E-state index in [-0.39, 0.29) is 64.3 Å². The third kappa shape index (κ3) is 7.17. The van der Waals surface area contributed by atoms with Crippen molar-refractivity contribution >= 4 is 41.6 Å². The van der Waals surface area contributed by atoms with Crippen LogP contribution in [0.2, 0.25) is 0 Å². The number of carboxylic acids is 1. The number of methoxy groups -OCH3 is 2. The molecule has 2 heterocycles. The second-order valence-corrected chi connectivity index (χ2v) is 10.6. The van der Waals surface area contributed by atoms with E-state index in [2.05, 4.69) is 33.6 Å². The average molecular weight is 692 g/mol. The standard InChI is InChI=1S/C35H28F3N5O5.ClH/c1-47-26-12-5-3-8-21(26)14-15-28-34(32(45)46,17-16-22-9-4-6-13-27(22)48-2)30(44)29-23(18-24-19-41-33(40)42-31(24)39)10-7-11-25(29)43(28)20-35(36,37)38;/h3-13,19,28H,18,20H2,1-2H3,(H,45,46)(H4,39,40,41,42);1H. The van der Waals surface area contributed by atoms with Gasteiger partial charge in [0.2, 0.25) is 11.4 Å². The van der Waals surface area contributed by atoms with Gasteiger partial charge in [0.05, 0.1) is 25.3 Å². The summed E-state index contributed by atoms with van der Waals surface area (Å²) in [6, 6.07) is 15.1. The van der Waals surface area contributed by atoms with E-state index in [0.29, 0.717) is 11.3 Å². The van der Waals surface area contributed by atoms with Gasteiger partial charge in [-0.1, -0.05) is 60.1 Å². The van der Waals surface area contributed by atoms with Crippen molar-refractivity contribution < 1.29 is 37.3 Å². The minimum atomic E-state index is -4.85. The van der Waals surface area contributed by atoms with Gasteiger partial charge >= 0.3 is 12.1 Å². The molecule has 5 N–H and O–H groups in total. The van der Waals surface area contributed by atoms with Gasteiger partial charge in [0.25, 0.3) is 0 Å². The third-order valence-electron chi connectivity index (χ3n) is 7.68. The number of nitrogens with two attached hydrogens (primary N) is 2. The molecule has 2 atom stereocenters. The highest BCUT2D eigenvalue weighted by atomic mass is 35.5. The number of nitrogen functional groups attached to an aromatic ring is 2. The normalized spacial score (nSPS) is 16.6. The Kier molecular flexibility index (Phi) is 10.6. The molecule has 0 radical (unpaired) electrons. The van der Waals surface area contributed by atoms with Crippen LogP contribution >= 0.6 is 12.4 Å². The number of carbonyl (C=O) groups excluding carboxylic acids is 1. The van der Waals surface area contributed by atoms with Crippen LogP contribution in [-0.4, -0.2) is 59.8 Å². The molecule has 3 aromatic carbocycles. The summed E-state index contributed by atoms with van der Waals surface area (Å²) < 4.78 is 53.8. The van der Waals surface area contributed by atoms with Crippen molar-refractivity contribution in [2.75, 3.05) is 37.1 Å². The first-order valence-electron chi connectivity index (χ1n) is 14.3. The quantitative estimate of drug-likeness (QED) is 0.190. The van der Waals surface area contributed by atoms with E-state index in [1.54, 1.807) is 42.5 Å². The van der Waals surface area contributed by atoms with Gasteiger partial charge < -0.3 is 30.9 Å². The number of para-hydroxylation sites is 2. The fourth-order valence-electron chi connectivity index (χ4n) is 5.46. The molecule has 0 saturated carbocycles. The summed E-state index contributed by atoms with van der Waals surface area (Å²) in [4.78, 5) is 36.9. The maximum atomic E-state index is 14.8. The second kappa shape index (κ2) is 14.5. The van der Waals surface area contributed by atoms with Crippen LogP contribution in [0, 0.1) is 29.1 Å². The molecule has 10 nitrogen and oxygen atoms in total. The van der Waals surface area contributed by atoms with Gasteiger partial charge in [-0.3, -0.25) is 4.79 Å². The summed E-state index contributed by atoms with van der Waals surface area (Å²) in [5.41, 5.74) is 9.32. The number of ether oxygens (including phenoxy) is 2. The number of benzene rings is 3. The number of ketones is 1. The molecule has 0 amide bonds. The van der Waals surface area contributed by atoms with Gasteiger partial charge in [0, 0.05) is 29.4 Å². The number of aromatic nitrogens is 2. The Balaban J connectivity index is 0.00000541. The van der Waals surface area contributed by atoms with Gasteiger partial charge in [-0.05, 0) is 35.9 Å². The van der Waals surface area contributed by atoms with Gasteiger partial charge in [0.1, 0.15) is 29.9 Å². The van der Waals surface area contributed by atoms with Crippen molar-refractivity contribution in [2.45, 2.75) is 18.6 Å². The highest BCUT2D eigenvalue weighted by Crippen LogP contribution is 2.45. The zero-order valence-electron chi connectivity index (χ0n) is 26.0. The van der Waals surface area contributed by atoms with Crippen LogP contribution in [0.3, 0.4) is 0 Å². The Bertz CT molecular complexity index is 2040. The fourth-order valence-corrected chi connectivity index (χ4v) is 5.46. The number of hydrogen-bond donors (Lipinski definition) is 3. The van der Waals surface area contributed by atoms with Crippen molar-refractivity contribution in [3.63, 3.8) is 0 Å². The summed E-state index contributed by atoms with van der Waals surface area (Å²) in [7, 11) is 2.76. The first-order chi connectivity index (χ1) is 22.9. The van der Waals surface area contributed by atoms with Crippen LogP contribution in [0.5, 0.6) is 11.5 Å². The number of hydrogen-bond acceptors (Lipinski definition) is 9. The molecule has 49 heavy (non-hydrogen) atoms. The van der Waals surface area contributed by atoms with E-state index in [1.807, 2.05) is 0 Å². The van der Waals surface area contributed by atoms with Crippen molar-refractivity contribution in [3.05, 3.63) is 101 Å². The molecule has 4 aromatic rings. The highest BCUT2D eigenvalue weighted by Gasteiger charge is 2.59. The maximum Gasteiger partial charge on any atom is 0.405 e. The fraction of sp³-hybridized carbons (Fsp3) is 0.200. The lowest BCUT2D eigenvalue weighted by molar-refractivity contribution is -0.144. The van der Waals surface area contributed by atoms with Crippen LogP contribution in [0.25, 0.3) is 0 Å². The molecule has 0 aliphatic carbocycles. The number of rotatable bonds is 6. The number of fused-ring (bicyclic) bond motifs is 1. The molecular formula is C35H29ClF3N5O5. The number of anilines is 3. The van der Waals surface area contributed by atoms with E-state index in [9.17, 15) is 27.9 Å². The summed E-state index contributed by atoms with van der Waals surface area (Å²) in [5.74, 6) is 8.30.